The Bertz CT molecular complexity index is 1090. The van der Waals surface area contributed by atoms with Crippen LogP contribution in [0.4, 0.5) is 11.4 Å². The lowest BCUT2D eigenvalue weighted by molar-refractivity contribution is 0.322. The Balaban J connectivity index is 0.00000289. The number of hydrogen-bond acceptors (Lipinski definition) is 2. The number of guanidine groups is 1. The summed E-state index contributed by atoms with van der Waals surface area (Å²) in [5.74, 6) is 1.53. The first kappa shape index (κ1) is 22.9. The van der Waals surface area contributed by atoms with Crippen LogP contribution in [0, 0.1) is 0 Å². The van der Waals surface area contributed by atoms with Crippen molar-refractivity contribution in [2.24, 2.45) is 4.99 Å². The summed E-state index contributed by atoms with van der Waals surface area (Å²) in [6.45, 7) is 1.14. The molecule has 4 aromatic rings. The van der Waals surface area contributed by atoms with Crippen molar-refractivity contribution in [2.45, 2.75) is 0 Å². The molecule has 0 aliphatic carbocycles. The van der Waals surface area contributed by atoms with Gasteiger partial charge in [0.15, 0.2) is 0 Å². The predicted molar refractivity (Wildman–Crippen MR) is 136 cm³/mol. The van der Waals surface area contributed by atoms with Crippen LogP contribution < -0.4 is 15.4 Å². The maximum absolute atomic E-state index is 5.90. The summed E-state index contributed by atoms with van der Waals surface area (Å²) in [5.41, 5.74) is 4.23. The molecule has 0 aliphatic heterocycles. The van der Waals surface area contributed by atoms with Gasteiger partial charge in [-0.25, -0.2) is 4.99 Å². The summed E-state index contributed by atoms with van der Waals surface area (Å²) >= 11 is 0. The van der Waals surface area contributed by atoms with E-state index in [-0.39, 0.29) is 12.4 Å². The van der Waals surface area contributed by atoms with Gasteiger partial charge in [0.05, 0.1) is 12.2 Å². The quantitative estimate of drug-likeness (QED) is 0.193. The molecule has 4 nitrogen and oxygen atoms in total. The number of rotatable bonds is 7. The van der Waals surface area contributed by atoms with Crippen LogP contribution in [0.2, 0.25) is 0 Å². The van der Waals surface area contributed by atoms with Crippen molar-refractivity contribution in [1.29, 1.82) is 0 Å². The van der Waals surface area contributed by atoms with E-state index in [2.05, 4.69) is 39.9 Å². The van der Waals surface area contributed by atoms with Gasteiger partial charge in [0.2, 0.25) is 5.96 Å². The minimum atomic E-state index is 0. The standard InChI is InChI=1S/C27H25N3O.ClH/c1-4-10-22(11-5-1)23-16-18-26(19-17-23)31-21-20-28-27(29-24-12-6-2-7-13-24)30-25-14-8-3-9-15-25;/h1-19H,20-21H2,(H2,28,29,30);1H. The molecule has 4 aromatic carbocycles. The van der Waals surface area contributed by atoms with Crippen molar-refractivity contribution in [2.75, 3.05) is 18.5 Å². The highest BCUT2D eigenvalue weighted by Crippen LogP contribution is 2.22. The van der Waals surface area contributed by atoms with E-state index in [4.69, 9.17) is 4.74 Å². The summed E-state index contributed by atoms with van der Waals surface area (Å²) in [7, 11) is 0. The molecule has 0 amide bonds. The Morgan fingerprint density at radius 3 is 1.88 bits per heavy atom. The monoisotopic (exact) mass is 443 g/mol. The number of para-hydroxylation sites is 2. The number of benzene rings is 4. The Kier molecular flexibility index (Phi) is 8.72. The summed E-state index contributed by atoms with van der Waals surface area (Å²) in [4.78, 5) is 4.68. The smallest absolute Gasteiger partial charge is 0.201 e. The van der Waals surface area contributed by atoms with Gasteiger partial charge in [-0.3, -0.25) is 0 Å². The lowest BCUT2D eigenvalue weighted by atomic mass is 10.1. The molecule has 0 unspecified atom stereocenters. The van der Waals surface area contributed by atoms with Gasteiger partial charge in [-0.1, -0.05) is 78.9 Å². The number of anilines is 1. The van der Waals surface area contributed by atoms with Crippen molar-refractivity contribution in [1.82, 2.24) is 5.32 Å². The Labute approximate surface area is 195 Å². The van der Waals surface area contributed by atoms with Crippen LogP contribution in [-0.2, 0) is 0 Å². The first-order chi connectivity index (χ1) is 15.4. The summed E-state index contributed by atoms with van der Waals surface area (Å²) in [6.07, 6.45) is 0. The average Bonchev–Trinajstić information content (AvgIpc) is 2.84. The minimum absolute atomic E-state index is 0. The maximum atomic E-state index is 5.90. The second kappa shape index (κ2) is 12.2. The van der Waals surface area contributed by atoms with Crippen molar-refractivity contribution < 1.29 is 4.74 Å². The highest BCUT2D eigenvalue weighted by Gasteiger charge is 2.02. The Morgan fingerprint density at radius 1 is 0.656 bits per heavy atom. The van der Waals surface area contributed by atoms with Crippen molar-refractivity contribution in [3.05, 3.63) is 115 Å². The molecule has 0 saturated heterocycles. The maximum Gasteiger partial charge on any atom is 0.201 e. The van der Waals surface area contributed by atoms with E-state index in [1.807, 2.05) is 91.0 Å². The van der Waals surface area contributed by atoms with E-state index in [1.165, 1.54) is 11.1 Å². The van der Waals surface area contributed by atoms with E-state index < -0.39 is 0 Å². The topological polar surface area (TPSA) is 45.7 Å². The first-order valence-electron chi connectivity index (χ1n) is 10.3. The van der Waals surface area contributed by atoms with Crippen LogP contribution in [0.1, 0.15) is 0 Å². The van der Waals surface area contributed by atoms with E-state index in [0.717, 1.165) is 17.1 Å². The van der Waals surface area contributed by atoms with Gasteiger partial charge in [-0.15, -0.1) is 12.4 Å². The van der Waals surface area contributed by atoms with Crippen molar-refractivity contribution >= 4 is 29.7 Å². The van der Waals surface area contributed by atoms with Gasteiger partial charge in [0.1, 0.15) is 12.4 Å². The van der Waals surface area contributed by atoms with E-state index in [9.17, 15) is 0 Å². The van der Waals surface area contributed by atoms with Crippen LogP contribution in [0.15, 0.2) is 120 Å². The molecule has 0 heterocycles. The molecule has 0 aromatic heterocycles. The van der Waals surface area contributed by atoms with Gasteiger partial charge >= 0.3 is 0 Å². The van der Waals surface area contributed by atoms with Crippen LogP contribution in [0.25, 0.3) is 11.1 Å². The third-order valence-corrected chi connectivity index (χ3v) is 4.66. The number of halogens is 1. The molecule has 2 N–H and O–H groups in total. The zero-order valence-corrected chi connectivity index (χ0v) is 18.5. The second-order valence-corrected chi connectivity index (χ2v) is 6.95. The summed E-state index contributed by atoms with van der Waals surface area (Å²) < 4.78 is 5.90. The zero-order chi connectivity index (χ0) is 21.1. The minimum Gasteiger partial charge on any atom is -0.492 e. The molecular weight excluding hydrogens is 418 g/mol. The molecule has 5 heteroatoms. The fourth-order valence-electron chi connectivity index (χ4n) is 3.11. The van der Waals surface area contributed by atoms with E-state index in [1.54, 1.807) is 0 Å². The molecule has 0 fully saturated rings. The van der Waals surface area contributed by atoms with Gasteiger partial charge in [-0.05, 0) is 47.5 Å². The van der Waals surface area contributed by atoms with Crippen LogP contribution in [0.5, 0.6) is 5.75 Å². The fourth-order valence-corrected chi connectivity index (χ4v) is 3.11. The molecule has 162 valence electrons. The predicted octanol–water partition coefficient (Wildman–Crippen LogP) is 6.54. The van der Waals surface area contributed by atoms with Crippen LogP contribution in [-0.4, -0.2) is 19.1 Å². The van der Waals surface area contributed by atoms with E-state index in [0.29, 0.717) is 19.1 Å². The molecule has 32 heavy (non-hydrogen) atoms. The first-order valence-corrected chi connectivity index (χ1v) is 10.3. The number of aliphatic imine (C=N–C) groups is 1. The third-order valence-electron chi connectivity index (χ3n) is 4.66. The molecule has 0 saturated carbocycles. The normalized spacial score (nSPS) is 10.7. The van der Waals surface area contributed by atoms with E-state index >= 15 is 0 Å². The van der Waals surface area contributed by atoms with Crippen LogP contribution >= 0.6 is 12.4 Å². The lowest BCUT2D eigenvalue weighted by Gasteiger charge is -2.13. The molecule has 0 bridgehead atoms. The molecule has 0 radical (unpaired) electrons. The zero-order valence-electron chi connectivity index (χ0n) is 17.6. The average molecular weight is 444 g/mol. The largest absolute Gasteiger partial charge is 0.492 e. The van der Waals surface area contributed by atoms with Gasteiger partial charge < -0.3 is 15.4 Å². The molecule has 0 spiro atoms. The highest BCUT2D eigenvalue weighted by atomic mass is 35.5. The summed E-state index contributed by atoms with van der Waals surface area (Å²) in [5, 5.41) is 6.67. The second-order valence-electron chi connectivity index (χ2n) is 6.95. The lowest BCUT2D eigenvalue weighted by Crippen LogP contribution is -2.33. The summed E-state index contributed by atoms with van der Waals surface area (Å²) in [6, 6.07) is 38.3. The molecule has 0 aliphatic rings. The Morgan fingerprint density at radius 2 is 1.22 bits per heavy atom. The number of nitrogens with zero attached hydrogens (tertiary/aromatic N) is 1. The molecule has 0 atom stereocenters. The highest BCUT2D eigenvalue weighted by molar-refractivity contribution is 5.95. The molecule has 4 rings (SSSR count). The number of ether oxygens (including phenoxy) is 1. The van der Waals surface area contributed by atoms with Crippen molar-refractivity contribution in [3.63, 3.8) is 0 Å². The van der Waals surface area contributed by atoms with Gasteiger partial charge in [0.25, 0.3) is 0 Å². The van der Waals surface area contributed by atoms with Crippen molar-refractivity contribution in [3.8, 4) is 16.9 Å². The van der Waals surface area contributed by atoms with Gasteiger partial charge in [-0.2, -0.15) is 0 Å². The van der Waals surface area contributed by atoms with Crippen LogP contribution in [0.3, 0.4) is 0 Å². The third kappa shape index (κ3) is 6.89. The number of nitrogens with one attached hydrogen (secondary N) is 2. The molecular formula is C27H26ClN3O. The number of hydrogen-bond donors (Lipinski definition) is 2. The SMILES string of the molecule is Cl.c1ccc(/N=C(\NCCOc2ccc(-c3ccccc3)cc2)Nc2ccccc2)cc1. The van der Waals surface area contributed by atoms with Gasteiger partial charge in [0, 0.05) is 5.69 Å². The fraction of sp³-hybridized carbons (Fsp3) is 0.0741. The Hall–Kier alpha value is -3.76.